The second-order valence-corrected chi connectivity index (χ2v) is 6.40. The number of halogens is 3. The van der Waals surface area contributed by atoms with Crippen molar-refractivity contribution in [2.75, 3.05) is 18.6 Å². The summed E-state index contributed by atoms with van der Waals surface area (Å²) >= 11 is 0. The summed E-state index contributed by atoms with van der Waals surface area (Å²) in [5.41, 5.74) is -4.00. The predicted molar refractivity (Wildman–Crippen MR) is 103 cm³/mol. The van der Waals surface area contributed by atoms with Crippen molar-refractivity contribution in [2.24, 2.45) is 0 Å². The number of ether oxygens (including phenoxy) is 2. The summed E-state index contributed by atoms with van der Waals surface area (Å²) in [5.74, 6) is -2.54. The van der Waals surface area contributed by atoms with Crippen LogP contribution in [0.3, 0.4) is 0 Å². The summed E-state index contributed by atoms with van der Waals surface area (Å²) in [6, 6.07) is 9.51. The average Bonchev–Trinajstić information content (AvgIpc) is 2.99. The van der Waals surface area contributed by atoms with Crippen LogP contribution in [0.1, 0.15) is 17.3 Å². The zero-order chi connectivity index (χ0) is 22.8. The Labute approximate surface area is 174 Å². The van der Waals surface area contributed by atoms with Gasteiger partial charge in [0.25, 0.3) is 17.5 Å². The lowest BCUT2D eigenvalue weighted by molar-refractivity contribution is -0.197. The maximum atomic E-state index is 14.0. The fraction of sp³-hybridized carbons (Fsp3) is 0.250. The van der Waals surface area contributed by atoms with Gasteiger partial charge in [0.05, 0.1) is 25.0 Å². The summed E-state index contributed by atoms with van der Waals surface area (Å²) in [6.07, 6.45) is -5.34. The average molecular weight is 437 g/mol. The first-order valence-corrected chi connectivity index (χ1v) is 9.06. The van der Waals surface area contributed by atoms with E-state index in [1.807, 2.05) is 0 Å². The van der Waals surface area contributed by atoms with Gasteiger partial charge in [0, 0.05) is 0 Å². The number of hydrogen-bond acceptors (Lipinski definition) is 5. The third kappa shape index (κ3) is 3.86. The van der Waals surface area contributed by atoms with Crippen LogP contribution in [0, 0.1) is 0 Å². The van der Waals surface area contributed by atoms with Crippen molar-refractivity contribution >= 4 is 23.5 Å². The molecule has 164 valence electrons. The quantitative estimate of drug-likeness (QED) is 0.678. The molecule has 1 saturated heterocycles. The number of amides is 4. The summed E-state index contributed by atoms with van der Waals surface area (Å²) in [4.78, 5) is 38.2. The summed E-state index contributed by atoms with van der Waals surface area (Å²) in [5, 5.41) is 3.25. The van der Waals surface area contributed by atoms with Gasteiger partial charge < -0.3 is 14.8 Å². The van der Waals surface area contributed by atoms with Gasteiger partial charge in [0.2, 0.25) is 0 Å². The molecule has 1 aliphatic rings. The standard InChI is InChI=1S/C20H18F3N3O5/c1-3-31-15-7-5-4-6-14(15)16(27)24-19(20(21,22)23)17(28)26(18(29)25-19)12-8-10-13(30-2)11-9-12/h4-11H,3H2,1-2H3,(H,24,27)(H,25,29)/t19-/m0/s1. The van der Waals surface area contributed by atoms with Gasteiger partial charge in [-0.2, -0.15) is 13.2 Å². The monoisotopic (exact) mass is 437 g/mol. The summed E-state index contributed by atoms with van der Waals surface area (Å²) in [7, 11) is 1.38. The molecule has 4 amide bonds. The molecule has 0 unspecified atom stereocenters. The Morgan fingerprint density at radius 1 is 1.13 bits per heavy atom. The number of anilines is 1. The van der Waals surface area contributed by atoms with Gasteiger partial charge in [-0.1, -0.05) is 12.1 Å². The largest absolute Gasteiger partial charge is 0.497 e. The van der Waals surface area contributed by atoms with E-state index in [2.05, 4.69) is 0 Å². The molecular weight excluding hydrogens is 419 g/mol. The molecule has 11 heteroatoms. The lowest BCUT2D eigenvalue weighted by Crippen LogP contribution is -2.69. The van der Waals surface area contributed by atoms with E-state index >= 15 is 0 Å². The first-order chi connectivity index (χ1) is 14.6. The van der Waals surface area contributed by atoms with E-state index in [9.17, 15) is 27.6 Å². The molecule has 2 aromatic rings. The second kappa shape index (κ2) is 8.17. The number of para-hydroxylation sites is 1. The van der Waals surface area contributed by atoms with Gasteiger partial charge in [-0.3, -0.25) is 14.9 Å². The summed E-state index contributed by atoms with van der Waals surface area (Å²) in [6.45, 7) is 1.80. The van der Waals surface area contributed by atoms with E-state index in [1.54, 1.807) is 17.6 Å². The van der Waals surface area contributed by atoms with Crippen LogP contribution in [0.5, 0.6) is 11.5 Å². The van der Waals surface area contributed by atoms with Crippen LogP contribution in [0.2, 0.25) is 0 Å². The normalized spacial score (nSPS) is 18.5. The lowest BCUT2D eigenvalue weighted by Gasteiger charge is -2.30. The number of methoxy groups -OCH3 is 1. The Hall–Kier alpha value is -3.76. The minimum atomic E-state index is -5.34. The number of urea groups is 1. The molecule has 0 aliphatic carbocycles. The van der Waals surface area contributed by atoms with Gasteiger partial charge in [-0.05, 0) is 43.3 Å². The Kier molecular flexibility index (Phi) is 5.78. The van der Waals surface area contributed by atoms with Crippen molar-refractivity contribution in [1.82, 2.24) is 10.6 Å². The zero-order valence-corrected chi connectivity index (χ0v) is 16.4. The fourth-order valence-electron chi connectivity index (χ4n) is 3.02. The van der Waals surface area contributed by atoms with Crippen LogP contribution in [-0.2, 0) is 4.79 Å². The number of hydrogen-bond donors (Lipinski definition) is 2. The molecule has 0 aromatic heterocycles. The van der Waals surface area contributed by atoms with Crippen molar-refractivity contribution in [2.45, 2.75) is 18.8 Å². The van der Waals surface area contributed by atoms with E-state index in [1.165, 1.54) is 55.6 Å². The third-order valence-electron chi connectivity index (χ3n) is 4.51. The van der Waals surface area contributed by atoms with Crippen LogP contribution in [0.4, 0.5) is 23.7 Å². The maximum Gasteiger partial charge on any atom is 0.440 e. The molecule has 31 heavy (non-hydrogen) atoms. The number of rotatable bonds is 6. The van der Waals surface area contributed by atoms with Gasteiger partial charge in [-0.15, -0.1) is 0 Å². The molecule has 1 aliphatic heterocycles. The Morgan fingerprint density at radius 2 is 1.77 bits per heavy atom. The number of imide groups is 1. The minimum absolute atomic E-state index is 0.0311. The first-order valence-electron chi connectivity index (χ1n) is 9.06. The van der Waals surface area contributed by atoms with Crippen molar-refractivity contribution in [3.8, 4) is 11.5 Å². The first kappa shape index (κ1) is 21.9. The van der Waals surface area contributed by atoms with Gasteiger partial charge in [-0.25, -0.2) is 9.69 Å². The third-order valence-corrected chi connectivity index (χ3v) is 4.51. The maximum absolute atomic E-state index is 14.0. The van der Waals surface area contributed by atoms with Crippen LogP contribution in [-0.4, -0.2) is 43.4 Å². The highest BCUT2D eigenvalue weighted by Gasteiger charge is 2.69. The number of nitrogens with one attached hydrogen (secondary N) is 2. The van der Waals surface area contributed by atoms with Gasteiger partial charge >= 0.3 is 12.2 Å². The lowest BCUT2D eigenvalue weighted by atomic mass is 10.1. The molecule has 1 atom stereocenters. The van der Waals surface area contributed by atoms with Crippen LogP contribution >= 0.6 is 0 Å². The van der Waals surface area contributed by atoms with Crippen molar-refractivity contribution in [3.05, 3.63) is 54.1 Å². The SMILES string of the molecule is CCOc1ccccc1C(=O)N[C@]1(C(F)(F)F)NC(=O)N(c2ccc(OC)cc2)C1=O. The molecule has 3 rings (SSSR count). The Morgan fingerprint density at radius 3 is 2.35 bits per heavy atom. The molecule has 1 fully saturated rings. The number of carbonyl (C=O) groups excluding carboxylic acids is 3. The topological polar surface area (TPSA) is 97.0 Å². The highest BCUT2D eigenvalue weighted by Crippen LogP contribution is 2.36. The van der Waals surface area contributed by atoms with E-state index in [0.717, 1.165) is 0 Å². The number of benzene rings is 2. The molecule has 0 saturated carbocycles. The van der Waals surface area contributed by atoms with E-state index in [-0.39, 0.29) is 23.6 Å². The Bertz CT molecular complexity index is 1010. The smallest absolute Gasteiger partial charge is 0.440 e. The van der Waals surface area contributed by atoms with Crippen molar-refractivity contribution in [3.63, 3.8) is 0 Å². The van der Waals surface area contributed by atoms with Crippen LogP contribution in [0.25, 0.3) is 0 Å². The van der Waals surface area contributed by atoms with Crippen molar-refractivity contribution < 1.29 is 37.0 Å². The van der Waals surface area contributed by atoms with E-state index < -0.39 is 29.7 Å². The summed E-state index contributed by atoms with van der Waals surface area (Å²) < 4.78 is 52.4. The molecule has 2 aromatic carbocycles. The molecular formula is C20H18F3N3O5. The molecule has 8 nitrogen and oxygen atoms in total. The van der Waals surface area contributed by atoms with E-state index in [0.29, 0.717) is 10.6 Å². The molecule has 1 heterocycles. The molecule has 0 spiro atoms. The molecule has 2 N–H and O–H groups in total. The highest BCUT2D eigenvalue weighted by molar-refractivity contribution is 6.24. The molecule has 0 radical (unpaired) electrons. The highest BCUT2D eigenvalue weighted by atomic mass is 19.4. The molecule has 0 bridgehead atoms. The van der Waals surface area contributed by atoms with Crippen LogP contribution in [0.15, 0.2) is 48.5 Å². The zero-order valence-electron chi connectivity index (χ0n) is 16.4. The van der Waals surface area contributed by atoms with Gasteiger partial charge in [0.1, 0.15) is 11.5 Å². The van der Waals surface area contributed by atoms with Crippen LogP contribution < -0.4 is 25.0 Å². The number of carbonyl (C=O) groups is 3. The van der Waals surface area contributed by atoms with E-state index in [4.69, 9.17) is 9.47 Å². The fourth-order valence-corrected chi connectivity index (χ4v) is 3.02. The number of alkyl halides is 3. The van der Waals surface area contributed by atoms with Crippen molar-refractivity contribution in [1.29, 1.82) is 0 Å². The second-order valence-electron chi connectivity index (χ2n) is 6.40. The Balaban J connectivity index is 1.99. The minimum Gasteiger partial charge on any atom is -0.497 e. The number of nitrogens with zero attached hydrogens (tertiary/aromatic N) is 1. The van der Waals surface area contributed by atoms with Gasteiger partial charge in [0.15, 0.2) is 0 Å². The predicted octanol–water partition coefficient (Wildman–Crippen LogP) is 2.84.